The zero-order valence-electron chi connectivity index (χ0n) is 19.6. The number of nitrogens with one attached hydrogen (secondary N) is 1. The predicted molar refractivity (Wildman–Crippen MR) is 139 cm³/mol. The van der Waals surface area contributed by atoms with Crippen molar-refractivity contribution in [3.05, 3.63) is 40.3 Å². The highest BCUT2D eigenvalue weighted by atomic mass is 35.5. The number of rotatable bonds is 5. The third kappa shape index (κ3) is 4.26. The number of likely N-dealkylation sites (tertiary alicyclic amines) is 1. The Morgan fingerprint density at radius 3 is 2.92 bits per heavy atom. The van der Waals surface area contributed by atoms with Crippen LogP contribution in [0.1, 0.15) is 28.6 Å². The Morgan fingerprint density at radius 2 is 2.11 bits per heavy atom. The first-order chi connectivity index (χ1) is 17.9. The summed E-state index contributed by atoms with van der Waals surface area (Å²) >= 11 is 7.40. The average molecular weight is 538 g/mol. The third-order valence-corrected chi connectivity index (χ3v) is 7.66. The lowest BCUT2D eigenvalue weighted by molar-refractivity contribution is -0.132. The van der Waals surface area contributed by atoms with Crippen molar-refractivity contribution in [2.45, 2.75) is 19.9 Å². The van der Waals surface area contributed by atoms with Gasteiger partial charge in [0.15, 0.2) is 0 Å². The fourth-order valence-electron chi connectivity index (χ4n) is 4.50. The van der Waals surface area contributed by atoms with Gasteiger partial charge in [0, 0.05) is 28.5 Å². The van der Waals surface area contributed by atoms with Crippen LogP contribution in [0.2, 0.25) is 5.28 Å². The van der Waals surface area contributed by atoms with Crippen molar-refractivity contribution in [2.24, 2.45) is 10.9 Å². The van der Waals surface area contributed by atoms with Gasteiger partial charge in [-0.1, -0.05) is 0 Å². The lowest BCUT2D eigenvalue weighted by Gasteiger charge is -2.18. The summed E-state index contributed by atoms with van der Waals surface area (Å²) in [6.07, 6.45) is 3.58. The first-order valence-corrected chi connectivity index (χ1v) is 12.7. The normalized spacial score (nSPS) is 17.6. The number of benzene rings is 1. The van der Waals surface area contributed by atoms with E-state index in [4.69, 9.17) is 16.3 Å². The molecule has 0 radical (unpaired) electrons. The molecule has 4 aromatic rings. The zero-order chi connectivity index (χ0) is 25.7. The maximum atomic E-state index is 12.6. The molecule has 6 rings (SSSR count). The number of halogens is 1. The van der Waals surface area contributed by atoms with E-state index in [1.807, 2.05) is 19.1 Å². The van der Waals surface area contributed by atoms with E-state index in [1.165, 1.54) is 23.7 Å². The number of aliphatic hydroxyl groups is 1. The van der Waals surface area contributed by atoms with E-state index in [0.29, 0.717) is 52.4 Å². The van der Waals surface area contributed by atoms with Crippen LogP contribution in [0.15, 0.2) is 29.5 Å². The minimum atomic E-state index is -0.395. The topological polar surface area (TPSA) is 143 Å². The highest BCUT2D eigenvalue weighted by Gasteiger charge is 2.32. The van der Waals surface area contributed by atoms with Crippen LogP contribution >= 0.6 is 22.9 Å². The maximum Gasteiger partial charge on any atom is 0.289 e. The summed E-state index contributed by atoms with van der Waals surface area (Å²) in [4.78, 5) is 48.8. The molecule has 11 nitrogen and oxygen atoms in total. The number of fused-ring (bicyclic) bond motifs is 5. The Kier molecular flexibility index (Phi) is 5.94. The fraction of sp³-hybridized carbons (Fsp3) is 0.292. The van der Waals surface area contributed by atoms with Gasteiger partial charge in [0.1, 0.15) is 4.88 Å². The average Bonchev–Trinajstić information content (AvgIpc) is 3.40. The molecule has 2 aliphatic rings. The van der Waals surface area contributed by atoms with E-state index >= 15 is 0 Å². The maximum absolute atomic E-state index is 12.6. The predicted octanol–water partition coefficient (Wildman–Crippen LogP) is 3.45. The number of thiophene rings is 1. The molecule has 1 fully saturated rings. The van der Waals surface area contributed by atoms with Crippen LogP contribution in [0.4, 0.5) is 5.69 Å². The van der Waals surface area contributed by atoms with Gasteiger partial charge in [0.2, 0.25) is 23.0 Å². The van der Waals surface area contributed by atoms with Crippen molar-refractivity contribution in [3.8, 4) is 11.8 Å². The number of carbonyl (C=O) groups excluding carboxylic acids is 2. The van der Waals surface area contributed by atoms with Gasteiger partial charge < -0.3 is 20.1 Å². The van der Waals surface area contributed by atoms with Gasteiger partial charge in [0.25, 0.3) is 5.91 Å². The van der Waals surface area contributed by atoms with Gasteiger partial charge in [-0.3, -0.25) is 9.59 Å². The number of anilines is 1. The molecule has 1 aromatic carbocycles. The minimum absolute atomic E-state index is 0.00981. The van der Waals surface area contributed by atoms with Crippen LogP contribution in [0.3, 0.4) is 0 Å². The van der Waals surface area contributed by atoms with Crippen LogP contribution in [-0.4, -0.2) is 67.2 Å². The molecule has 13 heteroatoms. The van der Waals surface area contributed by atoms with Crippen molar-refractivity contribution in [3.63, 3.8) is 0 Å². The molecular weight excluding hydrogens is 518 g/mol. The van der Waals surface area contributed by atoms with Crippen LogP contribution in [0, 0.1) is 5.92 Å². The molecule has 0 bridgehead atoms. The summed E-state index contributed by atoms with van der Waals surface area (Å²) in [5.41, 5.74) is 3.17. The number of ether oxygens (including phenoxy) is 1. The Morgan fingerprint density at radius 1 is 1.24 bits per heavy atom. The monoisotopic (exact) mass is 537 g/mol. The van der Waals surface area contributed by atoms with Crippen LogP contribution in [0.25, 0.3) is 21.1 Å². The third-order valence-electron chi connectivity index (χ3n) is 6.34. The highest BCUT2D eigenvalue weighted by molar-refractivity contribution is 7.21. The molecule has 1 unspecified atom stereocenters. The van der Waals surface area contributed by atoms with Crippen molar-refractivity contribution in [1.82, 2.24) is 24.8 Å². The van der Waals surface area contributed by atoms with E-state index in [0.717, 1.165) is 10.1 Å². The summed E-state index contributed by atoms with van der Waals surface area (Å²) in [6, 6.07) is 3.71. The van der Waals surface area contributed by atoms with Gasteiger partial charge in [-0.25, -0.2) is 19.9 Å². The number of amides is 2. The lowest BCUT2D eigenvalue weighted by Crippen LogP contribution is -2.28. The summed E-state index contributed by atoms with van der Waals surface area (Å²) in [5.74, 6) is -0.434. The number of hydrogen-bond acceptors (Lipinski definition) is 10. The molecule has 0 aliphatic carbocycles. The molecule has 0 spiro atoms. The van der Waals surface area contributed by atoms with Gasteiger partial charge in [0.05, 0.1) is 54.1 Å². The molecule has 3 aromatic heterocycles. The highest BCUT2D eigenvalue weighted by Crippen LogP contribution is 2.41. The Hall–Kier alpha value is -3.74. The van der Waals surface area contributed by atoms with E-state index in [2.05, 4.69) is 30.2 Å². The van der Waals surface area contributed by atoms with Crippen LogP contribution in [0.5, 0.6) is 11.8 Å². The molecule has 188 valence electrons. The molecule has 2 aliphatic heterocycles. The summed E-state index contributed by atoms with van der Waals surface area (Å²) in [7, 11) is 0. The van der Waals surface area contributed by atoms with Crippen LogP contribution in [-0.2, 0) is 11.3 Å². The molecule has 1 atom stereocenters. The number of aliphatic imine (C=N–C) groups is 1. The standard InChI is InChI=1S/C24H20ClN7O4S/c1-11-6-26-19-17-15(37-20(19)21(34)29-11)3-2-14-18(17)27-8-16(30-14)36-22-13(7-28-24(25)31-22)9-32-5-4-12(10-33)23(32)35/h2-3,7-8,12,26,33H,4-6,9-10H2,1H3. The second-order valence-electron chi connectivity index (χ2n) is 8.83. The molecule has 1 saturated heterocycles. The quantitative estimate of drug-likeness (QED) is 0.366. The number of nitrogens with zero attached hydrogens (tertiary/aromatic N) is 6. The van der Waals surface area contributed by atoms with Crippen molar-refractivity contribution >= 4 is 67.3 Å². The summed E-state index contributed by atoms with van der Waals surface area (Å²) in [6.45, 7) is 2.82. The first-order valence-electron chi connectivity index (χ1n) is 11.5. The molecule has 37 heavy (non-hydrogen) atoms. The molecule has 5 heterocycles. The fourth-order valence-corrected chi connectivity index (χ4v) is 5.69. The molecule has 2 N–H and O–H groups in total. The molecule has 2 amide bonds. The summed E-state index contributed by atoms with van der Waals surface area (Å²) < 4.78 is 6.87. The smallest absolute Gasteiger partial charge is 0.289 e. The van der Waals surface area contributed by atoms with E-state index in [1.54, 1.807) is 4.90 Å². The zero-order valence-corrected chi connectivity index (χ0v) is 21.1. The largest absolute Gasteiger partial charge is 0.418 e. The number of aliphatic hydroxyl groups excluding tert-OH is 1. The second-order valence-corrected chi connectivity index (χ2v) is 10.2. The number of carbonyl (C=O) groups is 2. The molecule has 0 saturated carbocycles. The first kappa shape index (κ1) is 23.6. The van der Waals surface area contributed by atoms with Gasteiger partial charge in [-0.15, -0.1) is 11.3 Å². The van der Waals surface area contributed by atoms with E-state index < -0.39 is 5.92 Å². The van der Waals surface area contributed by atoms with Crippen LogP contribution < -0.4 is 10.1 Å². The lowest BCUT2D eigenvalue weighted by atomic mass is 10.1. The Balaban J connectivity index is 1.34. The SMILES string of the molecule is CC1=NC(=O)c2sc3ccc4nc(Oc5nc(Cl)ncc5CN5CCC(CO)C5=O)cnc4c3c2NC1. The minimum Gasteiger partial charge on any atom is -0.418 e. The van der Waals surface area contributed by atoms with Gasteiger partial charge in [-0.05, 0) is 37.1 Å². The van der Waals surface area contributed by atoms with Crippen molar-refractivity contribution < 1.29 is 19.4 Å². The number of hydrogen-bond donors (Lipinski definition) is 2. The Labute approximate surface area is 219 Å². The van der Waals surface area contributed by atoms with Gasteiger partial charge >= 0.3 is 0 Å². The van der Waals surface area contributed by atoms with E-state index in [-0.39, 0.29) is 42.0 Å². The van der Waals surface area contributed by atoms with Crippen molar-refractivity contribution in [2.75, 3.05) is 25.0 Å². The number of aromatic nitrogens is 4. The molecular formula is C24H20ClN7O4S. The van der Waals surface area contributed by atoms with Gasteiger partial charge in [-0.2, -0.15) is 4.98 Å². The second kappa shape index (κ2) is 9.29. The van der Waals surface area contributed by atoms with E-state index in [9.17, 15) is 14.7 Å². The van der Waals surface area contributed by atoms with Crippen molar-refractivity contribution in [1.29, 1.82) is 0 Å². The summed E-state index contributed by atoms with van der Waals surface area (Å²) in [5, 5.41) is 13.5. The Bertz CT molecular complexity index is 1620.